The first-order valence-corrected chi connectivity index (χ1v) is 4.71. The predicted octanol–water partition coefficient (Wildman–Crippen LogP) is 2.03. The quantitative estimate of drug-likeness (QED) is 0.661. The summed E-state index contributed by atoms with van der Waals surface area (Å²) in [5.41, 5.74) is 2.05. The van der Waals surface area contributed by atoms with Crippen LogP contribution in [0.15, 0.2) is 35.1 Å². The molecule has 0 saturated carbocycles. The molecule has 0 atom stereocenters. The Bertz CT molecular complexity index is 640. The van der Waals surface area contributed by atoms with Crippen LogP contribution >= 0.6 is 0 Å². The number of fused-ring (bicyclic) bond motifs is 1. The smallest absolute Gasteiger partial charge is 0.225 e. The van der Waals surface area contributed by atoms with Crippen LogP contribution in [0.2, 0.25) is 0 Å². The van der Waals surface area contributed by atoms with E-state index in [1.807, 2.05) is 18.2 Å². The fraction of sp³-hybridized carbons (Fsp3) is 0. The van der Waals surface area contributed by atoms with Gasteiger partial charge in [0.1, 0.15) is 12.0 Å². The van der Waals surface area contributed by atoms with E-state index >= 15 is 0 Å². The summed E-state index contributed by atoms with van der Waals surface area (Å²) in [7, 11) is 0. The molecule has 1 aromatic carbocycles. The second-order valence-electron chi connectivity index (χ2n) is 3.32. The maximum atomic E-state index is 10.7. The number of H-pyrrole nitrogens is 1. The molecule has 3 aromatic rings. The molecule has 2 aromatic heterocycles. The van der Waals surface area contributed by atoms with E-state index in [4.69, 9.17) is 4.42 Å². The average Bonchev–Trinajstić information content (AvgIpc) is 2.97. The number of nitrogens with zero attached hydrogens (tertiary/aromatic N) is 2. The van der Waals surface area contributed by atoms with Gasteiger partial charge in [-0.15, -0.1) is 0 Å². The Balaban J connectivity index is 2.21. The molecule has 0 spiro atoms. The van der Waals surface area contributed by atoms with E-state index in [0.29, 0.717) is 11.6 Å². The molecule has 0 bridgehead atoms. The number of aromatic nitrogens is 3. The summed E-state index contributed by atoms with van der Waals surface area (Å²) in [4.78, 5) is 14.7. The van der Waals surface area contributed by atoms with Crippen LogP contribution in [0.5, 0.6) is 0 Å². The van der Waals surface area contributed by atoms with Crippen molar-refractivity contribution in [2.45, 2.75) is 0 Å². The summed E-state index contributed by atoms with van der Waals surface area (Å²) in [5, 5.41) is 7.48. The maximum absolute atomic E-state index is 10.7. The van der Waals surface area contributed by atoms with Gasteiger partial charge in [0, 0.05) is 10.9 Å². The van der Waals surface area contributed by atoms with E-state index in [1.165, 1.54) is 6.26 Å². The van der Waals surface area contributed by atoms with Crippen molar-refractivity contribution in [1.82, 2.24) is 15.2 Å². The third kappa shape index (κ3) is 1.22. The molecule has 5 heteroatoms. The van der Waals surface area contributed by atoms with Gasteiger partial charge < -0.3 is 4.42 Å². The van der Waals surface area contributed by atoms with Crippen molar-refractivity contribution < 1.29 is 9.21 Å². The standard InChI is InChI=1S/C11H7N3O2/c15-6-10-8-2-1-7(5-9(8)13-14-10)11-12-3-4-16-11/h1-6H,(H,13,14). The highest BCUT2D eigenvalue weighted by Gasteiger charge is 2.07. The zero-order valence-corrected chi connectivity index (χ0v) is 8.18. The number of carbonyl (C=O) groups excluding carboxylic acids is 1. The third-order valence-electron chi connectivity index (χ3n) is 2.38. The number of aldehydes is 1. The highest BCUT2D eigenvalue weighted by Crippen LogP contribution is 2.23. The summed E-state index contributed by atoms with van der Waals surface area (Å²) >= 11 is 0. The number of oxazole rings is 1. The SMILES string of the molecule is O=Cc1n[nH]c2cc(-c3ncco3)ccc12. The van der Waals surface area contributed by atoms with Crippen LogP contribution in [0.3, 0.4) is 0 Å². The minimum absolute atomic E-state index is 0.411. The van der Waals surface area contributed by atoms with Gasteiger partial charge in [0.25, 0.3) is 0 Å². The largest absolute Gasteiger partial charge is 0.445 e. The lowest BCUT2D eigenvalue weighted by molar-refractivity contribution is 0.112. The van der Waals surface area contributed by atoms with E-state index in [-0.39, 0.29) is 0 Å². The Hall–Kier alpha value is -2.43. The number of benzene rings is 1. The molecule has 5 nitrogen and oxygen atoms in total. The van der Waals surface area contributed by atoms with Crippen molar-refractivity contribution in [3.63, 3.8) is 0 Å². The lowest BCUT2D eigenvalue weighted by Crippen LogP contribution is -1.79. The molecular formula is C11H7N3O2. The maximum Gasteiger partial charge on any atom is 0.225 e. The predicted molar refractivity (Wildman–Crippen MR) is 57.0 cm³/mol. The van der Waals surface area contributed by atoms with Crippen LogP contribution in [0.25, 0.3) is 22.4 Å². The van der Waals surface area contributed by atoms with E-state index < -0.39 is 0 Å². The zero-order chi connectivity index (χ0) is 11.0. The molecule has 16 heavy (non-hydrogen) atoms. The fourth-order valence-corrected chi connectivity index (χ4v) is 1.63. The first-order chi connectivity index (χ1) is 7.88. The van der Waals surface area contributed by atoms with Gasteiger partial charge in [-0.05, 0) is 18.2 Å². The Labute approximate surface area is 90.1 Å². The van der Waals surface area contributed by atoms with E-state index in [2.05, 4.69) is 15.2 Å². The summed E-state index contributed by atoms with van der Waals surface area (Å²) in [5.74, 6) is 0.546. The molecule has 0 saturated heterocycles. The number of nitrogens with one attached hydrogen (secondary N) is 1. The topological polar surface area (TPSA) is 71.8 Å². The molecule has 78 valence electrons. The number of aromatic amines is 1. The fourth-order valence-electron chi connectivity index (χ4n) is 1.63. The van der Waals surface area contributed by atoms with Gasteiger partial charge in [0.2, 0.25) is 5.89 Å². The highest BCUT2D eigenvalue weighted by atomic mass is 16.3. The van der Waals surface area contributed by atoms with Gasteiger partial charge in [-0.3, -0.25) is 9.89 Å². The Morgan fingerprint density at radius 3 is 3.06 bits per heavy atom. The highest BCUT2D eigenvalue weighted by molar-refractivity contribution is 5.96. The minimum Gasteiger partial charge on any atom is -0.445 e. The Morgan fingerprint density at radius 2 is 2.31 bits per heavy atom. The molecule has 0 aliphatic carbocycles. The summed E-state index contributed by atoms with van der Waals surface area (Å²) in [6.07, 6.45) is 3.83. The third-order valence-corrected chi connectivity index (χ3v) is 2.38. The van der Waals surface area contributed by atoms with Crippen LogP contribution in [-0.4, -0.2) is 21.5 Å². The monoisotopic (exact) mass is 213 g/mol. The van der Waals surface area contributed by atoms with Crippen molar-refractivity contribution in [3.05, 3.63) is 36.4 Å². The Morgan fingerprint density at radius 1 is 1.38 bits per heavy atom. The molecule has 0 unspecified atom stereocenters. The lowest BCUT2D eigenvalue weighted by atomic mass is 10.1. The summed E-state index contributed by atoms with van der Waals surface area (Å²) in [6, 6.07) is 5.51. The molecule has 0 radical (unpaired) electrons. The minimum atomic E-state index is 0.411. The molecule has 0 aliphatic rings. The van der Waals surface area contributed by atoms with Crippen LogP contribution < -0.4 is 0 Å². The number of hydrogen-bond donors (Lipinski definition) is 1. The molecule has 0 fully saturated rings. The summed E-state index contributed by atoms with van der Waals surface area (Å²) in [6.45, 7) is 0. The lowest BCUT2D eigenvalue weighted by Gasteiger charge is -1.95. The van der Waals surface area contributed by atoms with Crippen molar-refractivity contribution in [2.24, 2.45) is 0 Å². The van der Waals surface area contributed by atoms with E-state index in [9.17, 15) is 4.79 Å². The molecule has 2 heterocycles. The van der Waals surface area contributed by atoms with Gasteiger partial charge in [-0.25, -0.2) is 4.98 Å². The summed E-state index contributed by atoms with van der Waals surface area (Å²) < 4.78 is 5.19. The van der Waals surface area contributed by atoms with Crippen molar-refractivity contribution >= 4 is 17.2 Å². The van der Waals surface area contributed by atoms with Gasteiger partial charge in [-0.1, -0.05) is 0 Å². The van der Waals surface area contributed by atoms with Crippen molar-refractivity contribution in [2.75, 3.05) is 0 Å². The molecule has 1 N–H and O–H groups in total. The molecular weight excluding hydrogens is 206 g/mol. The normalized spacial score (nSPS) is 10.8. The van der Waals surface area contributed by atoms with Gasteiger partial charge in [0.05, 0.1) is 11.7 Å². The molecule has 0 aliphatic heterocycles. The van der Waals surface area contributed by atoms with Gasteiger partial charge in [-0.2, -0.15) is 5.10 Å². The van der Waals surface area contributed by atoms with Crippen LogP contribution in [-0.2, 0) is 0 Å². The first-order valence-electron chi connectivity index (χ1n) is 4.71. The van der Waals surface area contributed by atoms with Gasteiger partial charge >= 0.3 is 0 Å². The second-order valence-corrected chi connectivity index (χ2v) is 3.32. The van der Waals surface area contributed by atoms with Crippen molar-refractivity contribution in [3.8, 4) is 11.5 Å². The van der Waals surface area contributed by atoms with E-state index in [1.54, 1.807) is 6.20 Å². The number of rotatable bonds is 2. The van der Waals surface area contributed by atoms with Gasteiger partial charge in [0.15, 0.2) is 6.29 Å². The van der Waals surface area contributed by atoms with E-state index in [0.717, 1.165) is 22.8 Å². The van der Waals surface area contributed by atoms with Crippen LogP contribution in [0.1, 0.15) is 10.5 Å². The second kappa shape index (κ2) is 3.30. The number of hydrogen-bond acceptors (Lipinski definition) is 4. The van der Waals surface area contributed by atoms with Crippen LogP contribution in [0.4, 0.5) is 0 Å². The van der Waals surface area contributed by atoms with Crippen molar-refractivity contribution in [1.29, 1.82) is 0 Å². The molecule has 0 amide bonds. The molecule has 3 rings (SSSR count). The zero-order valence-electron chi connectivity index (χ0n) is 8.18. The first kappa shape index (κ1) is 8.84. The van der Waals surface area contributed by atoms with Crippen LogP contribution in [0, 0.1) is 0 Å². The average molecular weight is 213 g/mol. The Kier molecular flexibility index (Phi) is 1.83. The number of carbonyl (C=O) groups is 1.